The number of nitrogens with zero attached hydrogens (tertiary/aromatic N) is 3. The molecule has 6 heteroatoms. The summed E-state index contributed by atoms with van der Waals surface area (Å²) in [5, 5.41) is 0.757. The first-order valence-electron chi connectivity index (χ1n) is 12.2. The quantitative estimate of drug-likeness (QED) is 0.362. The normalized spacial score (nSPS) is 13.2. The van der Waals surface area contributed by atoms with Crippen LogP contribution in [0.2, 0.25) is 0 Å². The van der Waals surface area contributed by atoms with Gasteiger partial charge in [-0.15, -0.1) is 0 Å². The number of likely N-dealkylation sites (N-methyl/N-ethyl adjacent to an activating group) is 1. The third-order valence-electron chi connectivity index (χ3n) is 6.59. The molecule has 0 bridgehead atoms. The van der Waals surface area contributed by atoms with Crippen molar-refractivity contribution < 1.29 is 14.3 Å². The maximum absolute atomic E-state index is 13.4. The van der Waals surface area contributed by atoms with E-state index in [0.29, 0.717) is 18.7 Å². The number of esters is 1. The van der Waals surface area contributed by atoms with Crippen LogP contribution in [-0.2, 0) is 35.6 Å². The highest BCUT2D eigenvalue weighted by Crippen LogP contribution is 2.29. The molecule has 0 atom stereocenters. The van der Waals surface area contributed by atoms with Gasteiger partial charge in [0.25, 0.3) is 5.91 Å². The van der Waals surface area contributed by atoms with Gasteiger partial charge in [0.1, 0.15) is 0 Å². The number of amides is 1. The topological polar surface area (TPSA) is 62.7 Å². The first kappa shape index (κ1) is 23.7. The molecule has 182 valence electrons. The van der Waals surface area contributed by atoms with Crippen LogP contribution in [-0.4, -0.2) is 46.9 Å². The summed E-state index contributed by atoms with van der Waals surface area (Å²) in [5.41, 5.74) is 5.36. The van der Waals surface area contributed by atoms with E-state index < -0.39 is 5.97 Å². The molecule has 2 heterocycles. The van der Waals surface area contributed by atoms with Gasteiger partial charge in [-0.2, -0.15) is 0 Å². The van der Waals surface area contributed by atoms with Gasteiger partial charge >= 0.3 is 5.97 Å². The third kappa shape index (κ3) is 5.29. The predicted octanol–water partition coefficient (Wildman–Crippen LogP) is 4.61. The summed E-state index contributed by atoms with van der Waals surface area (Å²) in [5.74, 6) is -0.724. The summed E-state index contributed by atoms with van der Waals surface area (Å²) in [6.07, 6.45) is 0.756. The Hall–Kier alpha value is -4.03. The number of benzene rings is 3. The molecular formula is C30H29N3O3. The molecule has 0 saturated carbocycles. The van der Waals surface area contributed by atoms with Gasteiger partial charge in [0.05, 0.1) is 11.1 Å². The van der Waals surface area contributed by atoms with E-state index in [1.807, 2.05) is 72.8 Å². The van der Waals surface area contributed by atoms with Crippen molar-refractivity contribution in [1.82, 2.24) is 14.8 Å². The van der Waals surface area contributed by atoms with Crippen LogP contribution < -0.4 is 0 Å². The molecule has 1 amide bonds. The van der Waals surface area contributed by atoms with Crippen LogP contribution in [0.15, 0.2) is 84.9 Å². The number of ether oxygens (including phenoxy) is 1. The summed E-state index contributed by atoms with van der Waals surface area (Å²) in [4.78, 5) is 34.9. The van der Waals surface area contributed by atoms with E-state index in [4.69, 9.17) is 9.72 Å². The molecule has 0 saturated heterocycles. The Labute approximate surface area is 211 Å². The number of carbonyl (C=O) groups is 2. The number of carbonyl (C=O) groups excluding carboxylic acids is 2. The van der Waals surface area contributed by atoms with Gasteiger partial charge in [-0.3, -0.25) is 14.7 Å². The molecule has 0 N–H and O–H groups in total. The van der Waals surface area contributed by atoms with Crippen molar-refractivity contribution in [2.24, 2.45) is 0 Å². The lowest BCUT2D eigenvalue weighted by Crippen LogP contribution is -2.33. The maximum Gasteiger partial charge on any atom is 0.339 e. The standard InChI is InChI=1S/C30H29N3O3/c1-32(18-22-10-4-2-5-11-22)28(34)21-36-30(35)29-24-14-8-9-15-26(24)31-27-16-17-33(20-25(27)29)19-23-12-6-3-7-13-23/h2-15H,16-21H2,1H3. The van der Waals surface area contributed by atoms with E-state index in [9.17, 15) is 9.59 Å². The van der Waals surface area contributed by atoms with Gasteiger partial charge in [0, 0.05) is 56.3 Å². The van der Waals surface area contributed by atoms with Crippen molar-refractivity contribution >= 4 is 22.8 Å². The van der Waals surface area contributed by atoms with Crippen LogP contribution in [0.4, 0.5) is 0 Å². The molecule has 0 spiro atoms. The zero-order valence-electron chi connectivity index (χ0n) is 20.4. The molecule has 0 radical (unpaired) electrons. The average Bonchev–Trinajstić information content (AvgIpc) is 2.91. The first-order valence-corrected chi connectivity index (χ1v) is 12.2. The molecule has 5 rings (SSSR count). The minimum absolute atomic E-state index is 0.245. The monoisotopic (exact) mass is 479 g/mol. The molecule has 0 unspecified atom stereocenters. The van der Waals surface area contributed by atoms with Crippen molar-refractivity contribution in [3.63, 3.8) is 0 Å². The highest BCUT2D eigenvalue weighted by Gasteiger charge is 2.27. The lowest BCUT2D eigenvalue weighted by atomic mass is 9.95. The fourth-order valence-electron chi connectivity index (χ4n) is 4.71. The Morgan fingerprint density at radius 3 is 2.33 bits per heavy atom. The van der Waals surface area contributed by atoms with Crippen molar-refractivity contribution in [2.45, 2.75) is 26.1 Å². The van der Waals surface area contributed by atoms with Crippen LogP contribution in [0.3, 0.4) is 0 Å². The molecule has 6 nitrogen and oxygen atoms in total. The van der Waals surface area contributed by atoms with E-state index in [0.717, 1.165) is 47.2 Å². The lowest BCUT2D eigenvalue weighted by molar-refractivity contribution is -0.133. The minimum Gasteiger partial charge on any atom is -0.452 e. The summed E-state index contributed by atoms with van der Waals surface area (Å²) in [7, 11) is 1.72. The van der Waals surface area contributed by atoms with E-state index in [1.165, 1.54) is 5.56 Å². The lowest BCUT2D eigenvalue weighted by Gasteiger charge is -2.30. The molecule has 1 aliphatic heterocycles. The van der Waals surface area contributed by atoms with E-state index in [-0.39, 0.29) is 12.5 Å². The summed E-state index contributed by atoms with van der Waals surface area (Å²) in [6.45, 7) is 2.42. The van der Waals surface area contributed by atoms with Crippen LogP contribution in [0, 0.1) is 0 Å². The second-order valence-electron chi connectivity index (χ2n) is 9.19. The molecule has 0 fully saturated rings. The number of aromatic nitrogens is 1. The molecule has 0 aliphatic carbocycles. The van der Waals surface area contributed by atoms with Crippen LogP contribution in [0.1, 0.15) is 32.7 Å². The van der Waals surface area contributed by atoms with E-state index in [2.05, 4.69) is 17.0 Å². The van der Waals surface area contributed by atoms with Gasteiger partial charge in [-0.1, -0.05) is 78.9 Å². The van der Waals surface area contributed by atoms with Gasteiger partial charge in [-0.05, 0) is 17.2 Å². The number of hydrogen-bond donors (Lipinski definition) is 0. The van der Waals surface area contributed by atoms with Crippen LogP contribution >= 0.6 is 0 Å². The second-order valence-corrected chi connectivity index (χ2v) is 9.19. The zero-order valence-corrected chi connectivity index (χ0v) is 20.4. The Bertz CT molecular complexity index is 1370. The van der Waals surface area contributed by atoms with E-state index in [1.54, 1.807) is 11.9 Å². The molecule has 4 aromatic rings. The smallest absolute Gasteiger partial charge is 0.339 e. The molecule has 36 heavy (non-hydrogen) atoms. The Morgan fingerprint density at radius 2 is 1.58 bits per heavy atom. The fourth-order valence-corrected chi connectivity index (χ4v) is 4.71. The highest BCUT2D eigenvalue weighted by molar-refractivity contribution is 6.05. The maximum atomic E-state index is 13.4. The minimum atomic E-state index is -0.479. The van der Waals surface area contributed by atoms with Crippen molar-refractivity contribution in [3.05, 3.63) is 113 Å². The number of pyridine rings is 1. The molecule has 1 aromatic heterocycles. The fraction of sp³-hybridized carbons (Fsp3) is 0.233. The number of fused-ring (bicyclic) bond motifs is 2. The first-order chi connectivity index (χ1) is 17.6. The number of hydrogen-bond acceptors (Lipinski definition) is 5. The number of para-hydroxylation sites is 1. The summed E-state index contributed by atoms with van der Waals surface area (Å²) < 4.78 is 5.60. The Balaban J connectivity index is 1.36. The van der Waals surface area contributed by atoms with Crippen molar-refractivity contribution in [3.8, 4) is 0 Å². The Kier molecular flexibility index (Phi) is 7.05. The van der Waals surface area contributed by atoms with Gasteiger partial charge in [-0.25, -0.2) is 4.79 Å². The predicted molar refractivity (Wildman–Crippen MR) is 139 cm³/mol. The summed E-state index contributed by atoms with van der Waals surface area (Å²) >= 11 is 0. The zero-order chi connectivity index (χ0) is 24.9. The van der Waals surface area contributed by atoms with Crippen molar-refractivity contribution in [2.75, 3.05) is 20.2 Å². The number of rotatable bonds is 7. The second kappa shape index (κ2) is 10.7. The van der Waals surface area contributed by atoms with E-state index >= 15 is 0 Å². The van der Waals surface area contributed by atoms with Crippen LogP contribution in [0.25, 0.3) is 10.9 Å². The molecule has 3 aromatic carbocycles. The Morgan fingerprint density at radius 1 is 0.917 bits per heavy atom. The largest absolute Gasteiger partial charge is 0.452 e. The molecule has 1 aliphatic rings. The van der Waals surface area contributed by atoms with Crippen molar-refractivity contribution in [1.29, 1.82) is 0 Å². The SMILES string of the molecule is CN(Cc1ccccc1)C(=O)COC(=O)c1c2c(nc3ccccc13)CCN(Cc1ccccc1)C2. The van der Waals surface area contributed by atoms with Crippen LogP contribution in [0.5, 0.6) is 0 Å². The third-order valence-corrected chi connectivity index (χ3v) is 6.59. The average molecular weight is 480 g/mol. The van der Waals surface area contributed by atoms with Gasteiger partial charge in [0.2, 0.25) is 0 Å². The summed E-state index contributed by atoms with van der Waals surface area (Å²) in [6, 6.07) is 27.7. The van der Waals surface area contributed by atoms with Gasteiger partial charge < -0.3 is 9.64 Å². The highest BCUT2D eigenvalue weighted by atomic mass is 16.5. The molecular weight excluding hydrogens is 450 g/mol. The van der Waals surface area contributed by atoms with Gasteiger partial charge in [0.15, 0.2) is 6.61 Å².